The van der Waals surface area contributed by atoms with Crippen molar-refractivity contribution < 1.29 is 19.0 Å². The predicted octanol–water partition coefficient (Wildman–Crippen LogP) is 6.06. The van der Waals surface area contributed by atoms with E-state index in [1.54, 1.807) is 14.2 Å². The number of H-pyrrole nitrogens is 1. The largest absolute Gasteiger partial charge is 0.497 e. The molecule has 1 atom stereocenters. The molecule has 38 heavy (non-hydrogen) atoms. The van der Waals surface area contributed by atoms with Gasteiger partial charge in [-0.25, -0.2) is 0 Å². The van der Waals surface area contributed by atoms with Gasteiger partial charge in [0.15, 0.2) is 11.5 Å². The first-order chi connectivity index (χ1) is 18.6. The summed E-state index contributed by atoms with van der Waals surface area (Å²) in [6.45, 7) is 3.31. The van der Waals surface area contributed by atoms with Crippen LogP contribution >= 0.6 is 0 Å². The maximum Gasteiger partial charge on any atom is 0.273 e. The molecule has 1 aromatic heterocycles. The highest BCUT2D eigenvalue weighted by atomic mass is 16.5. The molecule has 7 nitrogen and oxygen atoms in total. The Bertz CT molecular complexity index is 1380. The Morgan fingerprint density at radius 3 is 2.45 bits per heavy atom. The lowest BCUT2D eigenvalue weighted by molar-refractivity contribution is 0.0745. The molecule has 1 N–H and O–H groups in total. The molecule has 4 aromatic rings. The summed E-state index contributed by atoms with van der Waals surface area (Å²) < 4.78 is 17.0. The normalized spacial score (nSPS) is 14.4. The van der Waals surface area contributed by atoms with Crippen LogP contribution in [0.4, 0.5) is 0 Å². The summed E-state index contributed by atoms with van der Waals surface area (Å²) in [5, 5.41) is 7.61. The Kier molecular flexibility index (Phi) is 7.63. The molecule has 0 fully saturated rings. The lowest BCUT2D eigenvalue weighted by atomic mass is 9.95. The number of hydrogen-bond donors (Lipinski definition) is 1. The van der Waals surface area contributed by atoms with Gasteiger partial charge >= 0.3 is 0 Å². The van der Waals surface area contributed by atoms with Crippen LogP contribution in [0.1, 0.15) is 53.0 Å². The monoisotopic (exact) mass is 511 g/mol. The third-order valence-electron chi connectivity index (χ3n) is 6.97. The van der Waals surface area contributed by atoms with Crippen molar-refractivity contribution in [1.82, 2.24) is 15.1 Å². The second-order valence-corrected chi connectivity index (χ2v) is 9.34. The molecule has 3 aromatic carbocycles. The number of fused-ring (bicyclic) bond motifs is 1. The van der Waals surface area contributed by atoms with Gasteiger partial charge in [0.25, 0.3) is 5.91 Å². The molecule has 5 rings (SSSR count). The zero-order valence-electron chi connectivity index (χ0n) is 22.1. The number of carbonyl (C=O) groups excluding carboxylic acids is 1. The van der Waals surface area contributed by atoms with Crippen molar-refractivity contribution in [2.24, 2.45) is 0 Å². The van der Waals surface area contributed by atoms with E-state index in [2.05, 4.69) is 17.1 Å². The second-order valence-electron chi connectivity index (χ2n) is 9.34. The van der Waals surface area contributed by atoms with E-state index in [1.165, 1.54) is 0 Å². The van der Waals surface area contributed by atoms with Crippen LogP contribution in [0, 0.1) is 0 Å². The number of ether oxygens (including phenoxy) is 3. The number of nitrogens with zero attached hydrogens (tertiary/aromatic N) is 2. The van der Waals surface area contributed by atoms with Crippen LogP contribution in [-0.2, 0) is 6.42 Å². The minimum atomic E-state index is -0.316. The van der Waals surface area contributed by atoms with E-state index in [-0.39, 0.29) is 11.9 Å². The molecule has 7 heteroatoms. The summed E-state index contributed by atoms with van der Waals surface area (Å²) in [6.07, 6.45) is 2.74. The molecule has 0 radical (unpaired) electrons. The van der Waals surface area contributed by atoms with Gasteiger partial charge in [-0.3, -0.25) is 9.89 Å². The van der Waals surface area contributed by atoms with Gasteiger partial charge in [-0.15, -0.1) is 0 Å². The zero-order valence-corrected chi connectivity index (χ0v) is 22.1. The van der Waals surface area contributed by atoms with Gasteiger partial charge in [-0.1, -0.05) is 61.9 Å². The van der Waals surface area contributed by atoms with Crippen molar-refractivity contribution in [3.8, 4) is 28.5 Å². The van der Waals surface area contributed by atoms with Gasteiger partial charge < -0.3 is 19.1 Å². The average Bonchev–Trinajstić information content (AvgIpc) is 3.51. The number of benzene rings is 3. The molecule has 2 heterocycles. The van der Waals surface area contributed by atoms with Gasteiger partial charge in [0.2, 0.25) is 0 Å². The van der Waals surface area contributed by atoms with Crippen LogP contribution in [-0.4, -0.2) is 48.4 Å². The van der Waals surface area contributed by atoms with Crippen molar-refractivity contribution in [1.29, 1.82) is 0 Å². The van der Waals surface area contributed by atoms with E-state index in [0.29, 0.717) is 36.8 Å². The van der Waals surface area contributed by atoms with Gasteiger partial charge in [0.1, 0.15) is 11.4 Å². The minimum absolute atomic E-state index is 0.0598. The quantitative estimate of drug-likeness (QED) is 0.248. The number of methoxy groups -OCH3 is 2. The molecule has 1 amide bonds. The fourth-order valence-corrected chi connectivity index (χ4v) is 4.93. The molecule has 1 unspecified atom stereocenters. The maximum atomic E-state index is 13.7. The first kappa shape index (κ1) is 25.4. The van der Waals surface area contributed by atoms with Gasteiger partial charge in [0, 0.05) is 17.7 Å². The number of amides is 1. The van der Waals surface area contributed by atoms with Crippen LogP contribution in [0.2, 0.25) is 0 Å². The molecule has 0 bridgehead atoms. The van der Waals surface area contributed by atoms with Crippen LogP contribution in [0.15, 0.2) is 72.8 Å². The Balaban J connectivity index is 1.52. The molecule has 1 aliphatic heterocycles. The van der Waals surface area contributed by atoms with Crippen molar-refractivity contribution in [3.63, 3.8) is 0 Å². The predicted molar refractivity (Wildman–Crippen MR) is 147 cm³/mol. The van der Waals surface area contributed by atoms with Gasteiger partial charge in [-0.05, 0) is 48.2 Å². The van der Waals surface area contributed by atoms with Crippen LogP contribution in [0.5, 0.6) is 17.2 Å². The first-order valence-electron chi connectivity index (χ1n) is 13.0. The second kappa shape index (κ2) is 11.4. The van der Waals surface area contributed by atoms with Crippen LogP contribution in [0.25, 0.3) is 11.3 Å². The number of unbranched alkanes of at least 4 members (excludes halogenated alkanes) is 1. The summed E-state index contributed by atoms with van der Waals surface area (Å²) in [5.41, 5.74) is 5.25. The van der Waals surface area contributed by atoms with E-state index in [9.17, 15) is 4.79 Å². The van der Waals surface area contributed by atoms with Crippen molar-refractivity contribution in [2.75, 3.05) is 27.4 Å². The van der Waals surface area contributed by atoms with Gasteiger partial charge in [0.05, 0.1) is 32.6 Å². The highest BCUT2D eigenvalue weighted by Gasteiger charge is 2.42. The van der Waals surface area contributed by atoms with Crippen LogP contribution < -0.4 is 14.2 Å². The molecule has 0 saturated heterocycles. The average molecular weight is 512 g/mol. The van der Waals surface area contributed by atoms with Crippen molar-refractivity contribution in [2.45, 2.75) is 32.2 Å². The molecular formula is C31H33N3O4. The Hall–Kier alpha value is -4.26. The molecule has 0 aliphatic carbocycles. The number of carbonyl (C=O) groups is 1. The summed E-state index contributed by atoms with van der Waals surface area (Å²) >= 11 is 0. The van der Waals surface area contributed by atoms with Gasteiger partial charge in [-0.2, -0.15) is 5.10 Å². The summed E-state index contributed by atoms with van der Waals surface area (Å²) in [6, 6.07) is 23.6. The SMILES string of the molecule is CCCCOc1ccc(C2c3c(-c4ccccc4)n[nH]c3C(=O)N2CCc2ccc(OC)cc2)cc1OC. The number of hydrogen-bond acceptors (Lipinski definition) is 5. The smallest absolute Gasteiger partial charge is 0.273 e. The number of nitrogens with one attached hydrogen (secondary N) is 1. The van der Waals surface area contributed by atoms with E-state index in [0.717, 1.165) is 46.5 Å². The highest BCUT2D eigenvalue weighted by Crippen LogP contribution is 2.44. The first-order valence-corrected chi connectivity index (χ1v) is 13.0. The van der Waals surface area contributed by atoms with Crippen molar-refractivity contribution in [3.05, 3.63) is 95.2 Å². The van der Waals surface area contributed by atoms with E-state index in [4.69, 9.17) is 14.2 Å². The molecule has 0 saturated carbocycles. The maximum absolute atomic E-state index is 13.7. The summed E-state index contributed by atoms with van der Waals surface area (Å²) in [7, 11) is 3.30. The van der Waals surface area contributed by atoms with E-state index in [1.807, 2.05) is 77.7 Å². The highest BCUT2D eigenvalue weighted by molar-refractivity contribution is 6.00. The standard InChI is InChI=1S/C31H33N3O4/c1-4-5-19-38-25-16-13-23(20-26(25)37-3)30-27-28(22-9-7-6-8-10-22)32-33-29(27)31(35)34(30)18-17-21-11-14-24(36-2)15-12-21/h6-16,20,30H,4-5,17-19H2,1-3H3,(H,32,33). The molecule has 0 spiro atoms. The third kappa shape index (κ3) is 4.96. The Morgan fingerprint density at radius 1 is 0.947 bits per heavy atom. The summed E-state index contributed by atoms with van der Waals surface area (Å²) in [4.78, 5) is 15.6. The number of aromatic amines is 1. The fraction of sp³-hybridized carbons (Fsp3) is 0.290. The number of aromatic nitrogens is 2. The minimum Gasteiger partial charge on any atom is -0.497 e. The van der Waals surface area contributed by atoms with E-state index >= 15 is 0 Å². The molecule has 1 aliphatic rings. The van der Waals surface area contributed by atoms with Crippen LogP contribution in [0.3, 0.4) is 0 Å². The van der Waals surface area contributed by atoms with E-state index < -0.39 is 0 Å². The fourth-order valence-electron chi connectivity index (χ4n) is 4.93. The van der Waals surface area contributed by atoms with Crippen molar-refractivity contribution >= 4 is 5.91 Å². The molecular weight excluding hydrogens is 478 g/mol. The molecule has 196 valence electrons. The third-order valence-corrected chi connectivity index (χ3v) is 6.97. The topological polar surface area (TPSA) is 76.7 Å². The lowest BCUT2D eigenvalue weighted by Crippen LogP contribution is -2.31. The Labute approximate surface area is 223 Å². The lowest BCUT2D eigenvalue weighted by Gasteiger charge is -2.27. The Morgan fingerprint density at radius 2 is 1.74 bits per heavy atom. The summed E-state index contributed by atoms with van der Waals surface area (Å²) in [5.74, 6) is 2.11. The zero-order chi connectivity index (χ0) is 26.5. The number of rotatable bonds is 11.